The first kappa shape index (κ1) is 13.5. The average molecular weight is 297 g/mol. The van der Waals surface area contributed by atoms with E-state index in [1.165, 1.54) is 28.6 Å². The van der Waals surface area contributed by atoms with Gasteiger partial charge in [-0.05, 0) is 31.0 Å². The number of nitrogens with zero attached hydrogens (tertiary/aromatic N) is 2. The van der Waals surface area contributed by atoms with Crippen molar-refractivity contribution < 1.29 is 13.3 Å². The van der Waals surface area contributed by atoms with Gasteiger partial charge in [0.2, 0.25) is 10.0 Å². The molecule has 2 fully saturated rings. The van der Waals surface area contributed by atoms with Crippen LogP contribution >= 0.6 is 0 Å². The number of nitro groups is 1. The Hall–Kier alpha value is -1.51. The number of benzene rings is 1. The van der Waals surface area contributed by atoms with Crippen molar-refractivity contribution >= 4 is 15.7 Å². The minimum Gasteiger partial charge on any atom is -0.316 e. The number of nitrogens with one attached hydrogen (secondary N) is 1. The SMILES string of the molecule is O=[N+]([O-])c1ccccc1S(=O)(=O)N1C[C@H]2CNC[C@H]2C1. The van der Waals surface area contributed by atoms with Crippen molar-refractivity contribution in [1.29, 1.82) is 0 Å². The molecule has 0 amide bonds. The molecule has 0 bridgehead atoms. The van der Waals surface area contributed by atoms with Gasteiger partial charge in [0.1, 0.15) is 0 Å². The van der Waals surface area contributed by atoms with E-state index in [2.05, 4.69) is 5.32 Å². The maximum Gasteiger partial charge on any atom is 0.289 e. The summed E-state index contributed by atoms with van der Waals surface area (Å²) in [5.74, 6) is 0.625. The minimum atomic E-state index is -3.79. The number of fused-ring (bicyclic) bond motifs is 1. The third-order valence-electron chi connectivity index (χ3n) is 4.04. The first-order valence-electron chi connectivity index (χ1n) is 6.44. The Kier molecular flexibility index (Phi) is 3.23. The molecule has 0 saturated carbocycles. The van der Waals surface area contributed by atoms with Gasteiger partial charge in [-0.25, -0.2) is 8.42 Å². The second kappa shape index (κ2) is 4.80. The number of hydrogen-bond donors (Lipinski definition) is 1. The van der Waals surface area contributed by atoms with E-state index in [4.69, 9.17) is 0 Å². The van der Waals surface area contributed by atoms with Crippen molar-refractivity contribution in [3.05, 3.63) is 34.4 Å². The molecule has 1 aromatic carbocycles. The molecule has 2 saturated heterocycles. The van der Waals surface area contributed by atoms with E-state index in [0.717, 1.165) is 13.1 Å². The van der Waals surface area contributed by atoms with Crippen LogP contribution in [0.3, 0.4) is 0 Å². The number of para-hydroxylation sites is 1. The molecular formula is C12H15N3O4S. The summed E-state index contributed by atoms with van der Waals surface area (Å²) in [4.78, 5) is 10.1. The Bertz CT molecular complexity index is 634. The van der Waals surface area contributed by atoms with Crippen molar-refractivity contribution in [2.24, 2.45) is 11.8 Å². The van der Waals surface area contributed by atoms with E-state index < -0.39 is 14.9 Å². The third-order valence-corrected chi connectivity index (χ3v) is 5.91. The lowest BCUT2D eigenvalue weighted by atomic mass is 10.0. The zero-order valence-corrected chi connectivity index (χ0v) is 11.5. The highest BCUT2D eigenvalue weighted by Gasteiger charge is 2.43. The zero-order valence-electron chi connectivity index (χ0n) is 10.7. The smallest absolute Gasteiger partial charge is 0.289 e. The lowest BCUT2D eigenvalue weighted by molar-refractivity contribution is -0.387. The fourth-order valence-electron chi connectivity index (χ4n) is 2.97. The summed E-state index contributed by atoms with van der Waals surface area (Å²) < 4.78 is 26.6. The fraction of sp³-hybridized carbons (Fsp3) is 0.500. The molecule has 0 aromatic heterocycles. The third kappa shape index (κ3) is 2.09. The van der Waals surface area contributed by atoms with Gasteiger partial charge < -0.3 is 5.32 Å². The summed E-state index contributed by atoms with van der Waals surface area (Å²) in [5.41, 5.74) is -0.359. The van der Waals surface area contributed by atoms with Crippen LogP contribution in [0.25, 0.3) is 0 Å². The molecule has 0 unspecified atom stereocenters. The molecule has 0 radical (unpaired) electrons. The van der Waals surface area contributed by atoms with Gasteiger partial charge in [0.15, 0.2) is 4.90 Å². The van der Waals surface area contributed by atoms with E-state index >= 15 is 0 Å². The summed E-state index contributed by atoms with van der Waals surface area (Å²) in [6.07, 6.45) is 0. The summed E-state index contributed by atoms with van der Waals surface area (Å²) in [5, 5.41) is 14.2. The first-order chi connectivity index (χ1) is 9.50. The van der Waals surface area contributed by atoms with Crippen LogP contribution in [0, 0.1) is 22.0 Å². The van der Waals surface area contributed by atoms with Gasteiger partial charge in [-0.3, -0.25) is 10.1 Å². The van der Waals surface area contributed by atoms with Gasteiger partial charge in [0.05, 0.1) is 4.92 Å². The largest absolute Gasteiger partial charge is 0.316 e. The van der Waals surface area contributed by atoms with Crippen LogP contribution in [0.2, 0.25) is 0 Å². The Morgan fingerprint density at radius 3 is 2.40 bits per heavy atom. The maximum absolute atomic E-state index is 12.6. The van der Waals surface area contributed by atoms with Crippen LogP contribution in [-0.2, 0) is 10.0 Å². The molecule has 0 spiro atoms. The molecule has 7 nitrogen and oxygen atoms in total. The molecule has 2 atom stereocenters. The average Bonchev–Trinajstić information content (AvgIpc) is 2.99. The minimum absolute atomic E-state index is 0.210. The van der Waals surface area contributed by atoms with Gasteiger partial charge in [-0.2, -0.15) is 4.31 Å². The molecule has 2 heterocycles. The molecule has 0 aliphatic carbocycles. The van der Waals surface area contributed by atoms with Gasteiger partial charge in [-0.15, -0.1) is 0 Å². The van der Waals surface area contributed by atoms with Gasteiger partial charge in [0, 0.05) is 19.2 Å². The lowest BCUT2D eigenvalue weighted by Crippen LogP contribution is -2.32. The van der Waals surface area contributed by atoms with E-state index in [0.29, 0.717) is 24.9 Å². The molecule has 1 aromatic rings. The highest BCUT2D eigenvalue weighted by molar-refractivity contribution is 7.89. The van der Waals surface area contributed by atoms with E-state index in [1.807, 2.05) is 0 Å². The highest BCUT2D eigenvalue weighted by atomic mass is 32.2. The number of hydrogen-bond acceptors (Lipinski definition) is 5. The van der Waals surface area contributed by atoms with Crippen LogP contribution < -0.4 is 5.32 Å². The summed E-state index contributed by atoms with van der Waals surface area (Å²) in [7, 11) is -3.79. The Labute approximate surface area is 116 Å². The first-order valence-corrected chi connectivity index (χ1v) is 7.88. The second-order valence-electron chi connectivity index (χ2n) is 5.23. The summed E-state index contributed by atoms with van der Waals surface area (Å²) >= 11 is 0. The van der Waals surface area contributed by atoms with E-state index in [-0.39, 0.29) is 10.6 Å². The van der Waals surface area contributed by atoms with Gasteiger partial charge in [-0.1, -0.05) is 12.1 Å². The van der Waals surface area contributed by atoms with Gasteiger partial charge in [0.25, 0.3) is 5.69 Å². The second-order valence-corrected chi connectivity index (χ2v) is 7.13. The van der Waals surface area contributed by atoms with Crippen LogP contribution in [-0.4, -0.2) is 43.8 Å². The highest BCUT2D eigenvalue weighted by Crippen LogP contribution is 2.33. The van der Waals surface area contributed by atoms with Crippen molar-refractivity contribution in [1.82, 2.24) is 9.62 Å². The fourth-order valence-corrected chi connectivity index (χ4v) is 4.68. The van der Waals surface area contributed by atoms with Crippen LogP contribution in [0.1, 0.15) is 0 Å². The summed E-state index contributed by atoms with van der Waals surface area (Å²) in [6.45, 7) is 2.50. The standard InChI is InChI=1S/C12H15N3O4S/c16-15(17)11-3-1-2-4-12(11)20(18,19)14-7-9-5-13-6-10(9)8-14/h1-4,9-10,13H,5-8H2/t9-,10+. The molecule has 2 aliphatic rings. The quantitative estimate of drug-likeness (QED) is 0.645. The van der Waals surface area contributed by atoms with Crippen molar-refractivity contribution in [2.45, 2.75) is 4.90 Å². The normalized spacial score (nSPS) is 26.6. The number of sulfonamides is 1. The van der Waals surface area contributed by atoms with Crippen molar-refractivity contribution in [2.75, 3.05) is 26.2 Å². The molecular weight excluding hydrogens is 282 g/mol. The number of nitro benzene ring substituents is 1. The molecule has 1 N–H and O–H groups in total. The summed E-state index contributed by atoms with van der Waals surface area (Å²) in [6, 6.07) is 5.52. The predicted molar refractivity (Wildman–Crippen MR) is 71.7 cm³/mol. The topological polar surface area (TPSA) is 92.5 Å². The maximum atomic E-state index is 12.6. The molecule has 2 aliphatic heterocycles. The molecule has 8 heteroatoms. The molecule has 3 rings (SSSR count). The predicted octanol–water partition coefficient (Wildman–Crippen LogP) is 0.435. The van der Waals surface area contributed by atoms with Crippen LogP contribution in [0.5, 0.6) is 0 Å². The molecule has 108 valence electrons. The van der Waals surface area contributed by atoms with Crippen molar-refractivity contribution in [3.63, 3.8) is 0 Å². The zero-order chi connectivity index (χ0) is 14.3. The Morgan fingerprint density at radius 2 is 1.80 bits per heavy atom. The van der Waals surface area contributed by atoms with Crippen molar-refractivity contribution in [3.8, 4) is 0 Å². The molecule has 20 heavy (non-hydrogen) atoms. The van der Waals surface area contributed by atoms with Crippen LogP contribution in [0.4, 0.5) is 5.69 Å². The Morgan fingerprint density at radius 1 is 1.20 bits per heavy atom. The Balaban J connectivity index is 1.95. The van der Waals surface area contributed by atoms with E-state index in [1.54, 1.807) is 0 Å². The van der Waals surface area contributed by atoms with Crippen LogP contribution in [0.15, 0.2) is 29.2 Å². The number of rotatable bonds is 3. The monoisotopic (exact) mass is 297 g/mol. The lowest BCUT2D eigenvalue weighted by Gasteiger charge is -2.17. The van der Waals surface area contributed by atoms with E-state index in [9.17, 15) is 18.5 Å². The van der Waals surface area contributed by atoms with Gasteiger partial charge >= 0.3 is 0 Å².